The number of halogens is 4. The van der Waals surface area contributed by atoms with Crippen molar-refractivity contribution in [3.63, 3.8) is 0 Å². The van der Waals surface area contributed by atoms with Crippen LogP contribution in [0.3, 0.4) is 0 Å². The largest absolute Gasteiger partial charge is 0.394 e. The smallest absolute Gasteiger partial charge is 0.358 e. The van der Waals surface area contributed by atoms with E-state index in [1.807, 2.05) is 12.1 Å². The second-order valence-corrected chi connectivity index (χ2v) is 14.3. The van der Waals surface area contributed by atoms with Crippen LogP contribution in [0.25, 0.3) is 0 Å². The number of hydrogen-bond donors (Lipinski definition) is 2. The van der Waals surface area contributed by atoms with Crippen molar-refractivity contribution < 1.29 is 22.7 Å². The Balaban J connectivity index is 1.04. The zero-order chi connectivity index (χ0) is 32.2. The number of aryl methyl sites for hydroxylation is 1. The molecule has 2 aromatic rings. The summed E-state index contributed by atoms with van der Waals surface area (Å²) in [5.74, 6) is 3.15. The lowest BCUT2D eigenvalue weighted by Crippen LogP contribution is -2.38. The molecule has 0 radical (unpaired) electrons. The molecule has 7 nitrogen and oxygen atoms in total. The van der Waals surface area contributed by atoms with Gasteiger partial charge in [-0.25, -0.2) is 10.2 Å². The molecule has 2 unspecified atom stereocenters. The SMILES string of the molecule is CC1(C)CC(CCCCc2cccc(SNC(=O)c3ccc(N4C=CC(OCCC5(C(F)(F)F)CC5)N4)nc3Cl)c2)CB1C#N. The molecule has 5 rings (SSSR count). The first-order chi connectivity index (χ1) is 21.4. The third kappa shape index (κ3) is 8.36. The first-order valence-electron chi connectivity index (χ1n) is 15.4. The molecule has 2 aliphatic heterocycles. The molecule has 3 heterocycles. The first-order valence-corrected chi connectivity index (χ1v) is 16.6. The predicted octanol–water partition coefficient (Wildman–Crippen LogP) is 8.16. The summed E-state index contributed by atoms with van der Waals surface area (Å²) in [7, 11) is 0. The van der Waals surface area contributed by atoms with Gasteiger partial charge in [-0.15, -0.1) is 0 Å². The van der Waals surface area contributed by atoms with Crippen LogP contribution in [0, 0.1) is 22.6 Å². The van der Waals surface area contributed by atoms with Crippen molar-refractivity contribution in [2.24, 2.45) is 11.3 Å². The normalized spacial score (nSPS) is 21.6. The Morgan fingerprint density at radius 2 is 2.09 bits per heavy atom. The second kappa shape index (κ2) is 14.0. The van der Waals surface area contributed by atoms with Gasteiger partial charge in [0.1, 0.15) is 17.2 Å². The van der Waals surface area contributed by atoms with Gasteiger partial charge in [0.05, 0.1) is 11.0 Å². The molecule has 0 bridgehead atoms. The molecule has 1 amide bonds. The van der Waals surface area contributed by atoms with E-state index < -0.39 is 17.8 Å². The van der Waals surface area contributed by atoms with Crippen LogP contribution >= 0.6 is 23.5 Å². The Bertz CT molecular complexity index is 1450. The molecule has 13 heteroatoms. The summed E-state index contributed by atoms with van der Waals surface area (Å²) >= 11 is 7.58. The number of rotatable bonds is 13. The summed E-state index contributed by atoms with van der Waals surface area (Å²) < 4.78 is 47.8. The third-order valence-corrected chi connectivity index (χ3v) is 10.4. The minimum atomic E-state index is -4.20. The highest BCUT2D eigenvalue weighted by molar-refractivity contribution is 7.98. The van der Waals surface area contributed by atoms with Crippen LogP contribution in [-0.2, 0) is 11.2 Å². The lowest BCUT2D eigenvalue weighted by molar-refractivity contribution is -0.192. The number of carbonyl (C=O) groups excluding carboxylic acids is 1. The number of hydrogen-bond acceptors (Lipinski definition) is 7. The Hall–Kier alpha value is -2.72. The topological polar surface area (TPSA) is 90.3 Å². The zero-order valence-corrected chi connectivity index (χ0v) is 27.1. The van der Waals surface area contributed by atoms with E-state index in [1.165, 1.54) is 17.5 Å². The van der Waals surface area contributed by atoms with E-state index in [9.17, 15) is 23.2 Å². The molecule has 1 saturated carbocycles. The number of benzene rings is 1. The Morgan fingerprint density at radius 3 is 2.78 bits per heavy atom. The molecule has 0 spiro atoms. The molecular weight excluding hydrogens is 622 g/mol. The number of hydrazine groups is 1. The minimum absolute atomic E-state index is 0.0199. The van der Waals surface area contributed by atoms with Crippen molar-refractivity contribution >= 4 is 42.0 Å². The van der Waals surface area contributed by atoms with Crippen molar-refractivity contribution in [3.8, 4) is 5.97 Å². The molecule has 1 aromatic carbocycles. The number of pyridine rings is 1. The van der Waals surface area contributed by atoms with Gasteiger partial charge in [-0.2, -0.15) is 18.6 Å². The van der Waals surface area contributed by atoms with Crippen molar-refractivity contribution in [2.45, 2.75) is 94.1 Å². The number of anilines is 1. The van der Waals surface area contributed by atoms with Crippen LogP contribution in [0.2, 0.25) is 16.8 Å². The molecule has 45 heavy (non-hydrogen) atoms. The monoisotopic (exact) mass is 659 g/mol. The van der Waals surface area contributed by atoms with E-state index in [2.05, 4.69) is 47.1 Å². The van der Waals surface area contributed by atoms with Gasteiger partial charge in [0.2, 0.25) is 0 Å². The van der Waals surface area contributed by atoms with Gasteiger partial charge in [0.15, 0.2) is 0 Å². The predicted molar refractivity (Wildman–Crippen MR) is 172 cm³/mol. The fourth-order valence-corrected chi connectivity index (χ4v) is 7.23. The minimum Gasteiger partial charge on any atom is -0.358 e. The first kappa shape index (κ1) is 33.6. The highest BCUT2D eigenvalue weighted by Crippen LogP contribution is 2.60. The number of nitrogens with zero attached hydrogens (tertiary/aromatic N) is 3. The maximum absolute atomic E-state index is 13.1. The molecule has 2 fully saturated rings. The van der Waals surface area contributed by atoms with E-state index in [-0.39, 0.29) is 54.5 Å². The van der Waals surface area contributed by atoms with E-state index in [0.29, 0.717) is 11.7 Å². The zero-order valence-electron chi connectivity index (χ0n) is 25.5. The third-order valence-electron chi connectivity index (χ3n) is 9.31. The van der Waals surface area contributed by atoms with E-state index in [1.54, 1.807) is 29.4 Å². The van der Waals surface area contributed by atoms with Crippen LogP contribution in [0.15, 0.2) is 53.6 Å². The lowest BCUT2D eigenvalue weighted by atomic mass is 9.37. The number of alkyl halides is 3. The molecule has 3 aliphatic rings. The Kier molecular flexibility index (Phi) is 10.4. The molecule has 1 aromatic heterocycles. The molecule has 1 aliphatic carbocycles. The van der Waals surface area contributed by atoms with Gasteiger partial charge in [0, 0.05) is 23.7 Å². The standard InChI is InChI=1S/C32H38BClF3N5O2S/c1-30(2)19-23(20-33(30)21-38)7-4-3-6-22-8-5-9-24(18-22)45-41-29(43)25-10-11-26(39-28(25)34)42-16-12-27(40-42)44-17-15-31(13-14-31)32(35,36)37/h5,8-12,16,18,23,27,40H,3-4,6-7,13-15,17,19-20H2,1-2H3,(H,41,43). The maximum Gasteiger partial charge on any atom is 0.394 e. The van der Waals surface area contributed by atoms with E-state index in [4.69, 9.17) is 16.3 Å². The van der Waals surface area contributed by atoms with Gasteiger partial charge < -0.3 is 4.74 Å². The maximum atomic E-state index is 13.1. The summed E-state index contributed by atoms with van der Waals surface area (Å²) in [5, 5.41) is 11.1. The van der Waals surface area contributed by atoms with Crippen molar-refractivity contribution in [1.82, 2.24) is 15.1 Å². The number of amides is 1. The fourth-order valence-electron chi connectivity index (χ4n) is 6.31. The van der Waals surface area contributed by atoms with Crippen molar-refractivity contribution in [2.75, 3.05) is 11.6 Å². The van der Waals surface area contributed by atoms with Gasteiger partial charge >= 0.3 is 6.18 Å². The Morgan fingerprint density at radius 1 is 1.29 bits per heavy atom. The quantitative estimate of drug-likeness (QED) is 0.0971. The molecule has 2 atom stereocenters. The molecular formula is C32H38BClF3N5O2S. The lowest BCUT2D eigenvalue weighted by Gasteiger charge is -2.22. The van der Waals surface area contributed by atoms with E-state index in [0.717, 1.165) is 43.3 Å². The Labute approximate surface area is 272 Å². The van der Waals surface area contributed by atoms with Crippen LogP contribution < -0.4 is 15.2 Å². The van der Waals surface area contributed by atoms with E-state index >= 15 is 0 Å². The van der Waals surface area contributed by atoms with Crippen molar-refractivity contribution in [3.05, 3.63) is 65.0 Å². The summed E-state index contributed by atoms with van der Waals surface area (Å²) in [6, 6.07) is 11.3. The summed E-state index contributed by atoms with van der Waals surface area (Å²) in [4.78, 5) is 18.1. The molecule has 2 N–H and O–H groups in total. The van der Waals surface area contributed by atoms with Crippen molar-refractivity contribution in [1.29, 1.82) is 5.26 Å². The van der Waals surface area contributed by atoms with Crippen LogP contribution in [0.1, 0.15) is 74.7 Å². The van der Waals surface area contributed by atoms with Gasteiger partial charge in [-0.3, -0.25) is 14.5 Å². The van der Waals surface area contributed by atoms with Gasteiger partial charge in [-0.05, 0) is 91.2 Å². The second-order valence-electron chi connectivity index (χ2n) is 13.1. The average Bonchev–Trinajstić information content (AvgIpc) is 3.55. The summed E-state index contributed by atoms with van der Waals surface area (Å²) in [6.45, 7) is 4.55. The highest BCUT2D eigenvalue weighted by Gasteiger charge is 2.62. The van der Waals surface area contributed by atoms with Gasteiger partial charge in [0.25, 0.3) is 12.6 Å². The highest BCUT2D eigenvalue weighted by atomic mass is 35.5. The number of carbonyl (C=O) groups is 1. The van der Waals surface area contributed by atoms with Crippen LogP contribution in [0.4, 0.5) is 19.0 Å². The van der Waals surface area contributed by atoms with Gasteiger partial charge in [-0.1, -0.05) is 63.2 Å². The number of nitriles is 1. The number of ether oxygens (including phenoxy) is 1. The summed E-state index contributed by atoms with van der Waals surface area (Å²) in [6.07, 6.45) is 5.23. The van der Waals surface area contributed by atoms with Crippen LogP contribution in [0.5, 0.6) is 0 Å². The summed E-state index contributed by atoms with van der Waals surface area (Å²) in [5.41, 5.74) is 2.83. The molecule has 1 saturated heterocycles. The number of unbranched alkanes of at least 4 members (excludes halogenated alkanes) is 1. The molecule has 240 valence electrons. The fraction of sp³-hybridized carbons (Fsp3) is 0.531. The number of nitrogens with one attached hydrogen (secondary N) is 2. The average molecular weight is 660 g/mol. The number of aromatic nitrogens is 1. The van der Waals surface area contributed by atoms with Crippen LogP contribution in [-0.4, -0.2) is 36.6 Å².